The van der Waals surface area contributed by atoms with Crippen LogP contribution in [-0.4, -0.2) is 23.6 Å². The molecule has 0 aliphatic carbocycles. The van der Waals surface area contributed by atoms with Crippen LogP contribution in [0.5, 0.6) is 5.75 Å². The topological polar surface area (TPSA) is 61.0 Å². The number of nitrogens with zero attached hydrogens (tertiary/aromatic N) is 2. The first-order valence-electron chi connectivity index (χ1n) is 4.95. The standard InChI is InChI=1S/C11H12ClN3O/c1-16-7-2-3-8-9(4-5-13)14-11(12)15-10(8)6-7/h2-3,6H,4-5,13H2,1H3. The van der Waals surface area contributed by atoms with Crippen molar-refractivity contribution in [1.29, 1.82) is 0 Å². The van der Waals surface area contributed by atoms with Crippen molar-refractivity contribution < 1.29 is 4.74 Å². The fourth-order valence-electron chi connectivity index (χ4n) is 1.60. The van der Waals surface area contributed by atoms with Crippen LogP contribution in [0.1, 0.15) is 5.69 Å². The van der Waals surface area contributed by atoms with Crippen LogP contribution in [0.2, 0.25) is 5.28 Å². The number of methoxy groups -OCH3 is 1. The van der Waals surface area contributed by atoms with Crippen LogP contribution < -0.4 is 10.5 Å². The van der Waals surface area contributed by atoms with Crippen LogP contribution in [0.3, 0.4) is 0 Å². The van der Waals surface area contributed by atoms with Gasteiger partial charge in [0, 0.05) is 17.9 Å². The lowest BCUT2D eigenvalue weighted by atomic mass is 10.1. The van der Waals surface area contributed by atoms with Gasteiger partial charge >= 0.3 is 0 Å². The Morgan fingerprint density at radius 3 is 2.88 bits per heavy atom. The first kappa shape index (κ1) is 11.1. The highest BCUT2D eigenvalue weighted by molar-refractivity contribution is 6.28. The van der Waals surface area contributed by atoms with Crippen LogP contribution >= 0.6 is 11.6 Å². The summed E-state index contributed by atoms with van der Waals surface area (Å²) in [4.78, 5) is 8.34. The van der Waals surface area contributed by atoms with E-state index in [1.165, 1.54) is 0 Å². The van der Waals surface area contributed by atoms with Gasteiger partial charge in [0.2, 0.25) is 5.28 Å². The van der Waals surface area contributed by atoms with Crippen molar-refractivity contribution >= 4 is 22.5 Å². The number of hydrogen-bond donors (Lipinski definition) is 1. The summed E-state index contributed by atoms with van der Waals surface area (Å²) in [6.45, 7) is 0.536. The van der Waals surface area contributed by atoms with E-state index in [1.54, 1.807) is 7.11 Å². The van der Waals surface area contributed by atoms with E-state index in [0.29, 0.717) is 13.0 Å². The fourth-order valence-corrected chi connectivity index (χ4v) is 1.79. The summed E-state index contributed by atoms with van der Waals surface area (Å²) in [5, 5.41) is 1.21. The van der Waals surface area contributed by atoms with Crippen molar-refractivity contribution in [2.45, 2.75) is 6.42 Å². The number of hydrogen-bond acceptors (Lipinski definition) is 4. The number of nitrogens with two attached hydrogens (primary N) is 1. The van der Waals surface area contributed by atoms with Crippen LogP contribution in [0.25, 0.3) is 10.9 Å². The summed E-state index contributed by atoms with van der Waals surface area (Å²) in [5.41, 5.74) is 7.19. The summed E-state index contributed by atoms with van der Waals surface area (Å²) in [7, 11) is 1.62. The molecule has 84 valence electrons. The van der Waals surface area contributed by atoms with Gasteiger partial charge in [-0.3, -0.25) is 0 Å². The number of halogens is 1. The Labute approximate surface area is 98.4 Å². The third-order valence-corrected chi connectivity index (χ3v) is 2.51. The third-order valence-electron chi connectivity index (χ3n) is 2.34. The van der Waals surface area contributed by atoms with E-state index < -0.39 is 0 Å². The van der Waals surface area contributed by atoms with E-state index in [4.69, 9.17) is 22.1 Å². The average Bonchev–Trinajstić information content (AvgIpc) is 2.28. The molecular formula is C11H12ClN3O. The third kappa shape index (κ3) is 2.08. The lowest BCUT2D eigenvalue weighted by Crippen LogP contribution is -2.06. The predicted molar refractivity (Wildman–Crippen MR) is 63.9 cm³/mol. The second-order valence-electron chi connectivity index (χ2n) is 3.36. The molecule has 1 aromatic heterocycles. The van der Waals surface area contributed by atoms with E-state index in [9.17, 15) is 0 Å². The first-order valence-corrected chi connectivity index (χ1v) is 5.32. The van der Waals surface area contributed by atoms with Gasteiger partial charge in [0.15, 0.2) is 0 Å². The number of ether oxygens (including phenoxy) is 1. The molecule has 0 amide bonds. The molecular weight excluding hydrogens is 226 g/mol. The second kappa shape index (κ2) is 4.63. The smallest absolute Gasteiger partial charge is 0.223 e. The van der Waals surface area contributed by atoms with Crippen molar-refractivity contribution in [3.63, 3.8) is 0 Å². The zero-order chi connectivity index (χ0) is 11.5. The molecule has 0 radical (unpaired) electrons. The van der Waals surface area contributed by atoms with Gasteiger partial charge in [-0.1, -0.05) is 0 Å². The molecule has 4 nitrogen and oxygen atoms in total. The normalized spacial score (nSPS) is 10.7. The lowest BCUT2D eigenvalue weighted by molar-refractivity contribution is 0.415. The summed E-state index contributed by atoms with van der Waals surface area (Å²) in [6.07, 6.45) is 0.686. The zero-order valence-corrected chi connectivity index (χ0v) is 9.66. The quantitative estimate of drug-likeness (QED) is 0.827. The van der Waals surface area contributed by atoms with Crippen LogP contribution in [0, 0.1) is 0 Å². The molecule has 2 rings (SSSR count). The van der Waals surface area contributed by atoms with Crippen LogP contribution in [-0.2, 0) is 6.42 Å². The molecule has 0 atom stereocenters. The first-order chi connectivity index (χ1) is 7.74. The molecule has 5 heteroatoms. The highest BCUT2D eigenvalue weighted by Crippen LogP contribution is 2.22. The Morgan fingerprint density at radius 1 is 1.38 bits per heavy atom. The summed E-state index contributed by atoms with van der Waals surface area (Å²) < 4.78 is 5.13. The molecule has 0 saturated heterocycles. The second-order valence-corrected chi connectivity index (χ2v) is 3.70. The molecule has 16 heavy (non-hydrogen) atoms. The maximum atomic E-state index is 5.85. The van der Waals surface area contributed by atoms with Gasteiger partial charge in [-0.2, -0.15) is 0 Å². The Morgan fingerprint density at radius 2 is 2.19 bits per heavy atom. The molecule has 0 unspecified atom stereocenters. The molecule has 1 heterocycles. The molecule has 2 aromatic rings. The van der Waals surface area contributed by atoms with E-state index in [1.807, 2.05) is 18.2 Å². The molecule has 0 bridgehead atoms. The van der Waals surface area contributed by atoms with Crippen molar-refractivity contribution in [2.75, 3.05) is 13.7 Å². The van der Waals surface area contributed by atoms with Crippen LogP contribution in [0.15, 0.2) is 18.2 Å². The van der Waals surface area contributed by atoms with Crippen molar-refractivity contribution in [1.82, 2.24) is 9.97 Å². The minimum atomic E-state index is 0.240. The average molecular weight is 238 g/mol. The largest absolute Gasteiger partial charge is 0.497 e. The van der Waals surface area contributed by atoms with Crippen molar-refractivity contribution in [2.24, 2.45) is 5.73 Å². The highest BCUT2D eigenvalue weighted by Gasteiger charge is 2.06. The van der Waals surface area contributed by atoms with Gasteiger partial charge in [-0.05, 0) is 30.3 Å². The fraction of sp³-hybridized carbons (Fsp3) is 0.273. The van der Waals surface area contributed by atoms with Gasteiger partial charge in [0.05, 0.1) is 18.3 Å². The van der Waals surface area contributed by atoms with Gasteiger partial charge in [0.1, 0.15) is 5.75 Å². The molecule has 0 aliphatic rings. The molecule has 0 fully saturated rings. The Kier molecular flexibility index (Phi) is 3.22. The maximum Gasteiger partial charge on any atom is 0.223 e. The van der Waals surface area contributed by atoms with E-state index in [0.717, 1.165) is 22.3 Å². The van der Waals surface area contributed by atoms with Gasteiger partial charge in [-0.25, -0.2) is 9.97 Å². The number of aromatic nitrogens is 2. The lowest BCUT2D eigenvalue weighted by Gasteiger charge is -2.06. The Bertz CT molecular complexity index is 516. The predicted octanol–water partition coefficient (Wildman–Crippen LogP) is 1.79. The molecule has 1 aromatic carbocycles. The van der Waals surface area contributed by atoms with Crippen molar-refractivity contribution in [3.8, 4) is 5.75 Å². The summed E-state index contributed by atoms with van der Waals surface area (Å²) in [6, 6.07) is 5.64. The minimum Gasteiger partial charge on any atom is -0.497 e. The SMILES string of the molecule is COc1ccc2c(CCN)nc(Cl)nc2c1. The summed E-state index contributed by atoms with van der Waals surface area (Å²) >= 11 is 5.85. The van der Waals surface area contributed by atoms with E-state index >= 15 is 0 Å². The van der Waals surface area contributed by atoms with Crippen LogP contribution in [0.4, 0.5) is 0 Å². The zero-order valence-electron chi connectivity index (χ0n) is 8.90. The molecule has 2 N–H and O–H groups in total. The van der Waals surface area contributed by atoms with Gasteiger partial charge in [-0.15, -0.1) is 0 Å². The molecule has 0 aliphatic heterocycles. The van der Waals surface area contributed by atoms with E-state index in [-0.39, 0.29) is 5.28 Å². The van der Waals surface area contributed by atoms with Crippen molar-refractivity contribution in [3.05, 3.63) is 29.2 Å². The Hall–Kier alpha value is -1.39. The number of fused-ring (bicyclic) bond motifs is 1. The number of rotatable bonds is 3. The van der Waals surface area contributed by atoms with Gasteiger partial charge < -0.3 is 10.5 Å². The minimum absolute atomic E-state index is 0.240. The highest BCUT2D eigenvalue weighted by atomic mass is 35.5. The Balaban J connectivity index is 2.63. The summed E-state index contributed by atoms with van der Waals surface area (Å²) in [5.74, 6) is 0.751. The van der Waals surface area contributed by atoms with Gasteiger partial charge in [0.25, 0.3) is 0 Å². The maximum absolute atomic E-state index is 5.85. The molecule has 0 spiro atoms. The monoisotopic (exact) mass is 237 g/mol. The number of benzene rings is 1. The van der Waals surface area contributed by atoms with E-state index in [2.05, 4.69) is 9.97 Å². The molecule has 0 saturated carbocycles.